The lowest BCUT2D eigenvalue weighted by Gasteiger charge is -2.08. The van der Waals surface area contributed by atoms with Gasteiger partial charge >= 0.3 is 0 Å². The lowest BCUT2D eigenvalue weighted by Crippen LogP contribution is -2.01. The topological polar surface area (TPSA) is 68.6 Å². The number of aromatic nitrogens is 1. The van der Waals surface area contributed by atoms with E-state index in [1.807, 2.05) is 0 Å². The second-order valence-corrected chi connectivity index (χ2v) is 7.14. The largest absolute Gasteiger partial charge is 0.494 e. The molecule has 0 N–H and O–H groups in total. The zero-order valence-electron chi connectivity index (χ0n) is 13.5. The molecule has 3 rings (SSSR count). The highest BCUT2D eigenvalue weighted by atomic mass is 32.2. The van der Waals surface area contributed by atoms with E-state index in [1.54, 1.807) is 67.1 Å². The van der Waals surface area contributed by atoms with Gasteiger partial charge in [0, 0.05) is 18.6 Å². The van der Waals surface area contributed by atoms with Crippen LogP contribution in [-0.2, 0) is 9.84 Å². The van der Waals surface area contributed by atoms with Crippen LogP contribution >= 0.6 is 0 Å². The Labute approximate surface area is 146 Å². The minimum Gasteiger partial charge on any atom is -0.494 e. The number of sulfone groups is 1. The standard InChI is InChI=1S/C19H16N2O3S/c1-24-19-8-7-17(25(22,23)16-5-3-2-4-6-16)13-18(19)21-14-15-9-11-20-12-10-15/h2-14H,1H3. The molecule has 1 heterocycles. The van der Waals surface area contributed by atoms with E-state index in [2.05, 4.69) is 9.98 Å². The predicted octanol–water partition coefficient (Wildman–Crippen LogP) is 3.67. The van der Waals surface area contributed by atoms with E-state index >= 15 is 0 Å². The Kier molecular flexibility index (Phi) is 4.90. The minimum atomic E-state index is -3.61. The maximum atomic E-state index is 12.8. The quantitative estimate of drug-likeness (QED) is 0.657. The van der Waals surface area contributed by atoms with Crippen LogP contribution in [0.3, 0.4) is 0 Å². The molecule has 0 aliphatic heterocycles. The highest BCUT2D eigenvalue weighted by molar-refractivity contribution is 7.91. The first kappa shape index (κ1) is 16.9. The van der Waals surface area contributed by atoms with Crippen molar-refractivity contribution in [3.8, 4) is 5.75 Å². The Morgan fingerprint density at radius 2 is 1.68 bits per heavy atom. The van der Waals surface area contributed by atoms with E-state index in [0.717, 1.165) is 5.56 Å². The molecule has 0 atom stereocenters. The normalized spacial score (nSPS) is 11.6. The van der Waals surface area contributed by atoms with E-state index in [0.29, 0.717) is 11.4 Å². The molecule has 2 aromatic carbocycles. The third kappa shape index (κ3) is 3.75. The first-order valence-corrected chi connectivity index (χ1v) is 9.02. The molecule has 0 spiro atoms. The maximum absolute atomic E-state index is 12.8. The van der Waals surface area contributed by atoms with Crippen molar-refractivity contribution < 1.29 is 13.2 Å². The van der Waals surface area contributed by atoms with Crippen molar-refractivity contribution in [1.29, 1.82) is 0 Å². The van der Waals surface area contributed by atoms with Gasteiger partial charge in [-0.2, -0.15) is 0 Å². The first-order valence-electron chi connectivity index (χ1n) is 7.53. The molecule has 6 heteroatoms. The van der Waals surface area contributed by atoms with Crippen molar-refractivity contribution in [1.82, 2.24) is 4.98 Å². The molecule has 3 aromatic rings. The Balaban J connectivity index is 2.02. The summed E-state index contributed by atoms with van der Waals surface area (Å²) in [5, 5.41) is 0. The second kappa shape index (κ2) is 7.27. The molecule has 0 amide bonds. The van der Waals surface area contributed by atoms with E-state index in [4.69, 9.17) is 4.74 Å². The Hall–Kier alpha value is -2.99. The molecule has 25 heavy (non-hydrogen) atoms. The van der Waals surface area contributed by atoms with E-state index < -0.39 is 9.84 Å². The number of pyridine rings is 1. The van der Waals surface area contributed by atoms with Crippen LogP contribution in [0.25, 0.3) is 0 Å². The monoisotopic (exact) mass is 352 g/mol. The summed E-state index contributed by atoms with van der Waals surface area (Å²) >= 11 is 0. The van der Waals surface area contributed by atoms with Gasteiger partial charge in [0.05, 0.1) is 16.9 Å². The number of ether oxygens (including phenoxy) is 1. The van der Waals surface area contributed by atoms with Gasteiger partial charge in [0.25, 0.3) is 0 Å². The fourth-order valence-electron chi connectivity index (χ4n) is 2.27. The zero-order valence-corrected chi connectivity index (χ0v) is 14.3. The molecule has 0 aliphatic carbocycles. The number of hydrogen-bond acceptors (Lipinski definition) is 5. The van der Waals surface area contributed by atoms with Gasteiger partial charge in [-0.15, -0.1) is 0 Å². The van der Waals surface area contributed by atoms with Gasteiger partial charge in [0.1, 0.15) is 11.4 Å². The number of aliphatic imine (C=N–C) groups is 1. The molecule has 0 fully saturated rings. The maximum Gasteiger partial charge on any atom is 0.206 e. The number of nitrogens with zero attached hydrogens (tertiary/aromatic N) is 2. The van der Waals surface area contributed by atoms with Gasteiger partial charge < -0.3 is 4.74 Å². The summed E-state index contributed by atoms with van der Waals surface area (Å²) in [4.78, 5) is 8.73. The van der Waals surface area contributed by atoms with E-state index in [9.17, 15) is 8.42 Å². The smallest absolute Gasteiger partial charge is 0.206 e. The number of methoxy groups -OCH3 is 1. The van der Waals surface area contributed by atoms with Crippen molar-refractivity contribution in [3.63, 3.8) is 0 Å². The number of hydrogen-bond donors (Lipinski definition) is 0. The van der Waals surface area contributed by atoms with Crippen molar-refractivity contribution in [2.45, 2.75) is 9.79 Å². The summed E-state index contributed by atoms with van der Waals surface area (Å²) in [6.45, 7) is 0. The highest BCUT2D eigenvalue weighted by Gasteiger charge is 2.18. The van der Waals surface area contributed by atoms with Gasteiger partial charge in [-0.05, 0) is 48.0 Å². The van der Waals surface area contributed by atoms with Crippen molar-refractivity contribution in [2.75, 3.05) is 7.11 Å². The van der Waals surface area contributed by atoms with Gasteiger partial charge in [-0.25, -0.2) is 8.42 Å². The SMILES string of the molecule is COc1ccc(S(=O)(=O)c2ccccc2)cc1N=Cc1ccncc1. The summed E-state index contributed by atoms with van der Waals surface area (Å²) in [5.41, 5.74) is 1.30. The van der Waals surface area contributed by atoms with Crippen molar-refractivity contribution in [3.05, 3.63) is 78.6 Å². The van der Waals surface area contributed by atoms with Gasteiger partial charge in [-0.3, -0.25) is 9.98 Å². The summed E-state index contributed by atoms with van der Waals surface area (Å²) in [6, 6.07) is 16.6. The van der Waals surface area contributed by atoms with E-state index in [1.165, 1.54) is 19.2 Å². The Morgan fingerprint density at radius 1 is 0.960 bits per heavy atom. The molecule has 126 valence electrons. The lowest BCUT2D eigenvalue weighted by molar-refractivity contribution is 0.416. The highest BCUT2D eigenvalue weighted by Crippen LogP contribution is 2.32. The summed E-state index contributed by atoms with van der Waals surface area (Å²) in [7, 11) is -2.09. The summed E-state index contributed by atoms with van der Waals surface area (Å²) in [5.74, 6) is 0.498. The molecule has 0 saturated heterocycles. The summed E-state index contributed by atoms with van der Waals surface area (Å²) in [6.07, 6.45) is 4.96. The second-order valence-electron chi connectivity index (χ2n) is 5.19. The van der Waals surface area contributed by atoms with Crippen molar-refractivity contribution >= 4 is 21.7 Å². The van der Waals surface area contributed by atoms with Crippen LogP contribution in [0, 0.1) is 0 Å². The van der Waals surface area contributed by atoms with Crippen LogP contribution in [0.4, 0.5) is 5.69 Å². The number of benzene rings is 2. The fraction of sp³-hybridized carbons (Fsp3) is 0.0526. The fourth-order valence-corrected chi connectivity index (χ4v) is 3.57. The summed E-state index contributed by atoms with van der Waals surface area (Å²) < 4.78 is 30.8. The third-order valence-electron chi connectivity index (χ3n) is 3.57. The van der Waals surface area contributed by atoms with Crippen LogP contribution < -0.4 is 4.74 Å². The molecule has 0 saturated carbocycles. The first-order chi connectivity index (χ1) is 12.1. The lowest BCUT2D eigenvalue weighted by atomic mass is 10.2. The van der Waals surface area contributed by atoms with E-state index in [-0.39, 0.29) is 9.79 Å². The molecule has 0 unspecified atom stereocenters. The van der Waals surface area contributed by atoms with Gasteiger partial charge in [0.2, 0.25) is 9.84 Å². The van der Waals surface area contributed by atoms with Crippen LogP contribution in [0.5, 0.6) is 5.75 Å². The van der Waals surface area contributed by atoms with Crippen LogP contribution in [0.1, 0.15) is 5.56 Å². The Morgan fingerprint density at radius 3 is 2.36 bits per heavy atom. The van der Waals surface area contributed by atoms with Gasteiger partial charge in [0.15, 0.2) is 0 Å². The van der Waals surface area contributed by atoms with Crippen LogP contribution in [-0.4, -0.2) is 26.7 Å². The molecule has 1 aromatic heterocycles. The zero-order chi connectivity index (χ0) is 17.7. The molecule has 0 aliphatic rings. The average molecular weight is 352 g/mol. The molecular weight excluding hydrogens is 336 g/mol. The third-order valence-corrected chi connectivity index (χ3v) is 5.34. The average Bonchev–Trinajstić information content (AvgIpc) is 2.67. The predicted molar refractivity (Wildman–Crippen MR) is 96.4 cm³/mol. The molecule has 0 bridgehead atoms. The van der Waals surface area contributed by atoms with Gasteiger partial charge in [-0.1, -0.05) is 18.2 Å². The molecular formula is C19H16N2O3S. The van der Waals surface area contributed by atoms with Crippen LogP contribution in [0.2, 0.25) is 0 Å². The van der Waals surface area contributed by atoms with Crippen LogP contribution in [0.15, 0.2) is 87.8 Å². The minimum absolute atomic E-state index is 0.168. The molecule has 0 radical (unpaired) electrons. The number of rotatable bonds is 5. The molecule has 5 nitrogen and oxygen atoms in total. The van der Waals surface area contributed by atoms with Crippen molar-refractivity contribution in [2.24, 2.45) is 4.99 Å². The Bertz CT molecular complexity index is 986.